The Kier molecular flexibility index (Phi) is 7.18. The fourth-order valence-corrected chi connectivity index (χ4v) is 6.09. The topological polar surface area (TPSA) is 59.0 Å². The molecule has 1 saturated heterocycles. The minimum atomic E-state index is -0.272. The number of carbonyl (C=O) groups excluding carboxylic acids is 2. The van der Waals surface area contributed by atoms with Crippen LogP contribution in [0.2, 0.25) is 0 Å². The van der Waals surface area contributed by atoms with Crippen molar-refractivity contribution < 1.29 is 14.3 Å². The molecule has 4 rings (SSSR count). The quantitative estimate of drug-likeness (QED) is 0.559. The number of likely N-dealkylation sites (tertiary alicyclic amines) is 1. The van der Waals surface area contributed by atoms with E-state index >= 15 is 0 Å². The van der Waals surface area contributed by atoms with Gasteiger partial charge in [0.25, 0.3) is 0 Å². The smallest absolute Gasteiger partial charge is 0.336 e. The summed E-state index contributed by atoms with van der Waals surface area (Å²) in [6, 6.07) is 10.6. The first kappa shape index (κ1) is 23.9. The summed E-state index contributed by atoms with van der Waals surface area (Å²) < 4.78 is 5.50. The van der Waals surface area contributed by atoms with E-state index in [1.54, 1.807) is 0 Å². The Labute approximate surface area is 198 Å². The maximum atomic E-state index is 13.5. The van der Waals surface area contributed by atoms with Gasteiger partial charge in [-0.15, -0.1) is 0 Å². The molecule has 33 heavy (non-hydrogen) atoms. The summed E-state index contributed by atoms with van der Waals surface area (Å²) in [4.78, 5) is 34.0. The van der Waals surface area contributed by atoms with Crippen LogP contribution in [0.1, 0.15) is 65.4 Å². The van der Waals surface area contributed by atoms with Crippen molar-refractivity contribution in [2.75, 3.05) is 19.7 Å². The Balaban J connectivity index is 1.61. The SMILES string of the molecule is CCOC(=O)C1=C(CC)N=C2CC(C)(C)CC(=O)C2C1C1CCN(Cc2ccccc2)CC1. The predicted molar refractivity (Wildman–Crippen MR) is 131 cm³/mol. The van der Waals surface area contributed by atoms with Crippen LogP contribution in [0, 0.1) is 23.2 Å². The molecule has 5 heteroatoms. The minimum absolute atomic E-state index is 0.0731. The number of allylic oxidation sites excluding steroid dienone is 1. The minimum Gasteiger partial charge on any atom is -0.463 e. The van der Waals surface area contributed by atoms with Gasteiger partial charge in [-0.2, -0.15) is 0 Å². The molecule has 0 bridgehead atoms. The highest BCUT2D eigenvalue weighted by Gasteiger charge is 2.50. The van der Waals surface area contributed by atoms with E-state index in [9.17, 15) is 9.59 Å². The number of ketones is 1. The van der Waals surface area contributed by atoms with E-state index in [1.165, 1.54) is 5.56 Å². The van der Waals surface area contributed by atoms with Crippen LogP contribution >= 0.6 is 0 Å². The second-order valence-corrected chi connectivity index (χ2v) is 10.6. The van der Waals surface area contributed by atoms with Gasteiger partial charge in [-0.1, -0.05) is 51.1 Å². The first-order valence-electron chi connectivity index (χ1n) is 12.6. The van der Waals surface area contributed by atoms with Crippen molar-refractivity contribution >= 4 is 17.5 Å². The standard InChI is InChI=1S/C28H38N2O3/c1-5-21-26(27(32)33-6-2)24(25-22(29-21)16-28(3,4)17-23(25)31)20-12-14-30(15-13-20)18-19-10-8-7-9-11-19/h7-11,20,24-25H,5-6,12-18H2,1-4H3. The summed E-state index contributed by atoms with van der Waals surface area (Å²) in [5, 5.41) is 0. The zero-order valence-corrected chi connectivity index (χ0v) is 20.6. The van der Waals surface area contributed by atoms with Gasteiger partial charge in [0.2, 0.25) is 0 Å². The van der Waals surface area contributed by atoms with Gasteiger partial charge in [0.1, 0.15) is 5.78 Å². The molecule has 1 aromatic carbocycles. The summed E-state index contributed by atoms with van der Waals surface area (Å²) >= 11 is 0. The fraction of sp³-hybridized carbons (Fsp3) is 0.607. The molecule has 3 aliphatic rings. The number of hydrogen-bond acceptors (Lipinski definition) is 5. The van der Waals surface area contributed by atoms with Crippen LogP contribution in [0.3, 0.4) is 0 Å². The molecule has 1 aliphatic carbocycles. The molecule has 2 aliphatic heterocycles. The van der Waals surface area contributed by atoms with Crippen LogP contribution in [0.4, 0.5) is 0 Å². The zero-order valence-electron chi connectivity index (χ0n) is 20.6. The first-order valence-corrected chi connectivity index (χ1v) is 12.6. The lowest BCUT2D eigenvalue weighted by molar-refractivity contribution is -0.140. The molecule has 0 amide bonds. The lowest BCUT2D eigenvalue weighted by Crippen LogP contribution is -2.49. The number of benzene rings is 1. The van der Waals surface area contributed by atoms with Gasteiger partial charge in [0, 0.05) is 24.6 Å². The van der Waals surface area contributed by atoms with Gasteiger partial charge in [-0.3, -0.25) is 14.7 Å². The van der Waals surface area contributed by atoms with Crippen LogP contribution < -0.4 is 0 Å². The lowest BCUT2D eigenvalue weighted by Gasteiger charge is -2.45. The van der Waals surface area contributed by atoms with Crippen molar-refractivity contribution in [3.05, 3.63) is 47.2 Å². The number of rotatable bonds is 6. The number of aliphatic imine (C=N–C) groups is 1. The molecule has 0 N–H and O–H groups in total. The number of hydrogen-bond donors (Lipinski definition) is 0. The van der Waals surface area contributed by atoms with Gasteiger partial charge in [-0.05, 0) is 62.6 Å². The molecule has 1 aromatic rings. The number of Topliss-reactive ketones (excluding diaryl/α,β-unsaturated/α-hetero) is 1. The van der Waals surface area contributed by atoms with Crippen LogP contribution in [0.15, 0.2) is 46.6 Å². The van der Waals surface area contributed by atoms with E-state index in [2.05, 4.69) is 49.1 Å². The summed E-state index contributed by atoms with van der Waals surface area (Å²) in [6.07, 6.45) is 4.03. The monoisotopic (exact) mass is 450 g/mol. The summed E-state index contributed by atoms with van der Waals surface area (Å²) in [5.41, 5.74) is 3.77. The number of piperidine rings is 1. The zero-order chi connectivity index (χ0) is 23.6. The molecule has 178 valence electrons. The Morgan fingerprint density at radius 1 is 1.12 bits per heavy atom. The molecule has 2 atom stereocenters. The summed E-state index contributed by atoms with van der Waals surface area (Å²) in [6.45, 7) is 11.4. The molecule has 1 saturated carbocycles. The number of fused-ring (bicyclic) bond motifs is 1. The van der Waals surface area contributed by atoms with E-state index in [-0.39, 0.29) is 29.0 Å². The molecule has 2 fully saturated rings. The molecular weight excluding hydrogens is 412 g/mol. The van der Waals surface area contributed by atoms with Crippen LogP contribution in [0.25, 0.3) is 0 Å². The highest BCUT2D eigenvalue weighted by molar-refractivity contribution is 6.11. The number of nitrogens with zero attached hydrogens (tertiary/aromatic N) is 2. The molecule has 5 nitrogen and oxygen atoms in total. The second kappa shape index (κ2) is 9.92. The molecular formula is C28H38N2O3. The third-order valence-electron chi connectivity index (χ3n) is 7.52. The predicted octanol–water partition coefficient (Wildman–Crippen LogP) is 5.20. The summed E-state index contributed by atoms with van der Waals surface area (Å²) in [5.74, 6) is -0.101. The number of ether oxygens (including phenoxy) is 1. The van der Waals surface area contributed by atoms with Crippen molar-refractivity contribution in [2.45, 2.75) is 66.3 Å². The highest BCUT2D eigenvalue weighted by atomic mass is 16.5. The van der Waals surface area contributed by atoms with E-state index in [0.717, 1.165) is 50.3 Å². The molecule has 2 unspecified atom stereocenters. The third-order valence-corrected chi connectivity index (χ3v) is 7.52. The van der Waals surface area contributed by atoms with Gasteiger partial charge < -0.3 is 4.74 Å². The largest absolute Gasteiger partial charge is 0.463 e. The highest BCUT2D eigenvalue weighted by Crippen LogP contribution is 2.48. The third kappa shape index (κ3) is 5.13. The Morgan fingerprint density at radius 2 is 1.82 bits per heavy atom. The maximum absolute atomic E-state index is 13.5. The van der Waals surface area contributed by atoms with E-state index in [0.29, 0.717) is 30.9 Å². The molecule has 0 radical (unpaired) electrons. The summed E-state index contributed by atoms with van der Waals surface area (Å²) in [7, 11) is 0. The normalized spacial score (nSPS) is 26.1. The van der Waals surface area contributed by atoms with Crippen molar-refractivity contribution in [3.8, 4) is 0 Å². The number of carbonyl (C=O) groups is 2. The second-order valence-electron chi connectivity index (χ2n) is 10.6. The Bertz CT molecular complexity index is 939. The van der Waals surface area contributed by atoms with Gasteiger partial charge in [0.15, 0.2) is 0 Å². The van der Waals surface area contributed by atoms with E-state index in [4.69, 9.17) is 9.73 Å². The molecule has 0 spiro atoms. The van der Waals surface area contributed by atoms with Crippen molar-refractivity contribution in [1.82, 2.24) is 4.90 Å². The Morgan fingerprint density at radius 3 is 2.45 bits per heavy atom. The number of esters is 1. The van der Waals surface area contributed by atoms with Crippen LogP contribution in [-0.2, 0) is 20.9 Å². The van der Waals surface area contributed by atoms with Gasteiger partial charge >= 0.3 is 5.97 Å². The molecule has 2 heterocycles. The van der Waals surface area contributed by atoms with Gasteiger partial charge in [0.05, 0.1) is 23.8 Å². The van der Waals surface area contributed by atoms with Crippen LogP contribution in [0.5, 0.6) is 0 Å². The van der Waals surface area contributed by atoms with E-state index < -0.39 is 0 Å². The van der Waals surface area contributed by atoms with Crippen molar-refractivity contribution in [1.29, 1.82) is 0 Å². The average molecular weight is 451 g/mol. The fourth-order valence-electron chi connectivity index (χ4n) is 6.09. The van der Waals surface area contributed by atoms with Crippen molar-refractivity contribution in [3.63, 3.8) is 0 Å². The van der Waals surface area contributed by atoms with Gasteiger partial charge in [-0.25, -0.2) is 4.79 Å². The van der Waals surface area contributed by atoms with Crippen molar-refractivity contribution in [2.24, 2.45) is 28.2 Å². The maximum Gasteiger partial charge on any atom is 0.336 e. The first-order chi connectivity index (χ1) is 15.8. The Hall–Kier alpha value is -2.27. The molecule has 0 aromatic heterocycles. The van der Waals surface area contributed by atoms with E-state index in [1.807, 2.05) is 13.8 Å². The van der Waals surface area contributed by atoms with Crippen LogP contribution in [-0.4, -0.2) is 42.1 Å². The lowest BCUT2D eigenvalue weighted by atomic mass is 9.60. The average Bonchev–Trinajstić information content (AvgIpc) is 2.78.